The molecule has 0 spiro atoms. The zero-order valence-electron chi connectivity index (χ0n) is 10.5. The molecule has 19 heavy (non-hydrogen) atoms. The number of anilines is 1. The van der Waals surface area contributed by atoms with Crippen LogP contribution >= 0.6 is 11.3 Å². The lowest BCUT2D eigenvalue weighted by molar-refractivity contribution is -0.148. The van der Waals surface area contributed by atoms with E-state index in [1.54, 1.807) is 0 Å². The first-order valence-corrected chi connectivity index (χ1v) is 6.85. The molecule has 1 heterocycles. The van der Waals surface area contributed by atoms with Gasteiger partial charge in [-0.1, -0.05) is 36.8 Å². The van der Waals surface area contributed by atoms with Crippen molar-refractivity contribution in [3.63, 3.8) is 0 Å². The lowest BCUT2D eigenvalue weighted by Gasteiger charge is -2.16. The summed E-state index contributed by atoms with van der Waals surface area (Å²) in [6, 6.07) is 7.50. The van der Waals surface area contributed by atoms with Gasteiger partial charge in [-0.15, -0.1) is 0 Å². The highest BCUT2D eigenvalue weighted by Crippen LogP contribution is 2.28. The van der Waals surface area contributed by atoms with Gasteiger partial charge >= 0.3 is 11.9 Å². The Hall–Kier alpha value is -1.95. The highest BCUT2D eigenvalue weighted by atomic mass is 32.1. The second kappa shape index (κ2) is 5.79. The summed E-state index contributed by atoms with van der Waals surface area (Å²) in [5, 5.41) is 9.32. The van der Waals surface area contributed by atoms with Gasteiger partial charge in [-0.3, -0.25) is 9.69 Å². The Kier molecular flexibility index (Phi) is 4.11. The number of aromatic nitrogens is 1. The Morgan fingerprint density at radius 3 is 2.74 bits per heavy atom. The Balaban J connectivity index is 2.36. The predicted octanol–water partition coefficient (Wildman–Crippen LogP) is 2.51. The van der Waals surface area contributed by atoms with E-state index < -0.39 is 11.9 Å². The molecule has 1 aromatic heterocycles. The van der Waals surface area contributed by atoms with E-state index in [4.69, 9.17) is 5.11 Å². The molecule has 1 N–H and O–H groups in total. The molecule has 0 unspecified atom stereocenters. The molecule has 0 aliphatic rings. The van der Waals surface area contributed by atoms with Gasteiger partial charge in [0.1, 0.15) is 0 Å². The number of para-hydroxylation sites is 1. The number of unbranched alkanes of at least 4 members (excludes halogenated alkanes) is 1. The van der Waals surface area contributed by atoms with Crippen LogP contribution in [0, 0.1) is 0 Å². The predicted molar refractivity (Wildman–Crippen MR) is 74.5 cm³/mol. The normalized spacial score (nSPS) is 10.6. The molecule has 0 fully saturated rings. The number of fused-ring (bicyclic) bond motifs is 1. The fourth-order valence-electron chi connectivity index (χ4n) is 1.69. The van der Waals surface area contributed by atoms with Crippen LogP contribution in [-0.2, 0) is 9.59 Å². The number of nitrogens with zero attached hydrogens (tertiary/aromatic N) is 2. The average molecular weight is 278 g/mol. The summed E-state index contributed by atoms with van der Waals surface area (Å²) in [7, 11) is 0. The highest BCUT2D eigenvalue weighted by Gasteiger charge is 2.24. The first kappa shape index (κ1) is 13.5. The van der Waals surface area contributed by atoms with Crippen molar-refractivity contribution in [3.8, 4) is 0 Å². The summed E-state index contributed by atoms with van der Waals surface area (Å²) in [6.45, 7) is 2.36. The molecule has 0 saturated carbocycles. The molecule has 0 bridgehead atoms. The Morgan fingerprint density at radius 2 is 2.11 bits per heavy atom. The maximum atomic E-state index is 11.7. The molecular weight excluding hydrogens is 264 g/mol. The van der Waals surface area contributed by atoms with Crippen molar-refractivity contribution in [1.82, 2.24) is 4.98 Å². The molecule has 0 radical (unpaired) electrons. The number of carbonyl (C=O) groups excluding carboxylic acids is 1. The minimum absolute atomic E-state index is 0.376. The zero-order chi connectivity index (χ0) is 13.8. The Labute approximate surface area is 114 Å². The Bertz CT molecular complexity index is 576. The van der Waals surface area contributed by atoms with E-state index in [1.807, 2.05) is 31.2 Å². The van der Waals surface area contributed by atoms with Gasteiger partial charge in [-0.2, -0.15) is 0 Å². The lowest BCUT2D eigenvalue weighted by Crippen LogP contribution is -2.37. The van der Waals surface area contributed by atoms with Crippen molar-refractivity contribution in [2.75, 3.05) is 11.4 Å². The molecule has 100 valence electrons. The maximum absolute atomic E-state index is 11.7. The molecular formula is C13H14N2O3S. The van der Waals surface area contributed by atoms with E-state index in [2.05, 4.69) is 4.98 Å². The lowest BCUT2D eigenvalue weighted by atomic mass is 10.3. The van der Waals surface area contributed by atoms with E-state index in [0.29, 0.717) is 11.7 Å². The number of carboxylic acids is 1. The number of hydrogen-bond donors (Lipinski definition) is 1. The standard InChI is InChI=1S/C13H14N2O3S/c1-2-3-8-15(11(16)12(17)18)13-14-9-6-4-5-7-10(9)19-13/h4-7H,2-3,8H2,1H3,(H,17,18). The van der Waals surface area contributed by atoms with Crippen LogP contribution < -0.4 is 4.90 Å². The molecule has 0 saturated heterocycles. The summed E-state index contributed by atoms with van der Waals surface area (Å²) in [4.78, 5) is 28.2. The minimum Gasteiger partial charge on any atom is -0.474 e. The van der Waals surface area contributed by atoms with Crippen LogP contribution in [-0.4, -0.2) is 28.5 Å². The first-order valence-electron chi connectivity index (χ1n) is 6.04. The molecule has 2 rings (SSSR count). The number of aliphatic carboxylic acids is 1. The van der Waals surface area contributed by atoms with Gasteiger partial charge < -0.3 is 5.11 Å². The number of carboxylic acid groups (broad SMARTS) is 1. The summed E-state index contributed by atoms with van der Waals surface area (Å²) in [5.74, 6) is -2.37. The van der Waals surface area contributed by atoms with E-state index in [-0.39, 0.29) is 0 Å². The summed E-state index contributed by atoms with van der Waals surface area (Å²) in [6.07, 6.45) is 1.63. The number of thiazole rings is 1. The highest BCUT2D eigenvalue weighted by molar-refractivity contribution is 7.22. The van der Waals surface area contributed by atoms with Crippen molar-refractivity contribution in [2.24, 2.45) is 0 Å². The quantitative estimate of drug-likeness (QED) is 0.872. The second-order valence-electron chi connectivity index (χ2n) is 4.08. The fourth-order valence-corrected chi connectivity index (χ4v) is 2.68. The van der Waals surface area contributed by atoms with Gasteiger partial charge in [-0.25, -0.2) is 9.78 Å². The van der Waals surface area contributed by atoms with Gasteiger partial charge in [0, 0.05) is 6.54 Å². The third-order valence-corrected chi connectivity index (χ3v) is 3.74. The average Bonchev–Trinajstić information content (AvgIpc) is 2.82. The van der Waals surface area contributed by atoms with E-state index in [9.17, 15) is 9.59 Å². The first-order chi connectivity index (χ1) is 9.13. The largest absolute Gasteiger partial charge is 0.474 e. The number of amides is 1. The minimum atomic E-state index is -1.45. The van der Waals surface area contributed by atoms with Gasteiger partial charge in [0.25, 0.3) is 0 Å². The number of rotatable bonds is 4. The van der Waals surface area contributed by atoms with Crippen LogP contribution in [0.5, 0.6) is 0 Å². The third kappa shape index (κ3) is 2.90. The molecule has 1 aromatic carbocycles. The summed E-state index contributed by atoms with van der Waals surface area (Å²) >= 11 is 1.33. The van der Waals surface area contributed by atoms with Gasteiger partial charge in [0.15, 0.2) is 5.13 Å². The van der Waals surface area contributed by atoms with E-state index >= 15 is 0 Å². The fraction of sp³-hybridized carbons (Fsp3) is 0.308. The van der Waals surface area contributed by atoms with Crippen LogP contribution in [0.15, 0.2) is 24.3 Å². The van der Waals surface area contributed by atoms with Crippen LogP contribution in [0.2, 0.25) is 0 Å². The van der Waals surface area contributed by atoms with Crippen molar-refractivity contribution < 1.29 is 14.7 Å². The van der Waals surface area contributed by atoms with Crippen molar-refractivity contribution in [3.05, 3.63) is 24.3 Å². The van der Waals surface area contributed by atoms with Gasteiger partial charge in [-0.05, 0) is 18.6 Å². The molecule has 0 atom stereocenters. The molecule has 1 amide bonds. The van der Waals surface area contributed by atoms with Crippen molar-refractivity contribution in [2.45, 2.75) is 19.8 Å². The topological polar surface area (TPSA) is 70.5 Å². The molecule has 0 aliphatic heterocycles. The van der Waals surface area contributed by atoms with Crippen LogP contribution in [0.1, 0.15) is 19.8 Å². The molecule has 5 nitrogen and oxygen atoms in total. The van der Waals surface area contributed by atoms with Crippen LogP contribution in [0.3, 0.4) is 0 Å². The number of carbonyl (C=O) groups is 2. The third-order valence-electron chi connectivity index (χ3n) is 2.68. The number of hydrogen-bond acceptors (Lipinski definition) is 4. The van der Waals surface area contributed by atoms with Crippen molar-refractivity contribution in [1.29, 1.82) is 0 Å². The second-order valence-corrected chi connectivity index (χ2v) is 5.09. The number of benzene rings is 1. The van der Waals surface area contributed by atoms with Crippen LogP contribution in [0.4, 0.5) is 5.13 Å². The zero-order valence-corrected chi connectivity index (χ0v) is 11.3. The van der Waals surface area contributed by atoms with Crippen molar-refractivity contribution >= 4 is 38.6 Å². The summed E-state index contributed by atoms with van der Waals surface area (Å²) in [5.41, 5.74) is 0.780. The SMILES string of the molecule is CCCCN(C(=O)C(=O)O)c1nc2ccccc2s1. The molecule has 6 heteroatoms. The van der Waals surface area contributed by atoms with E-state index in [1.165, 1.54) is 16.2 Å². The van der Waals surface area contributed by atoms with Gasteiger partial charge in [0.05, 0.1) is 10.2 Å². The van der Waals surface area contributed by atoms with Crippen LogP contribution in [0.25, 0.3) is 10.2 Å². The smallest absolute Gasteiger partial charge is 0.395 e. The monoisotopic (exact) mass is 278 g/mol. The molecule has 0 aliphatic carbocycles. The summed E-state index contributed by atoms with van der Waals surface area (Å²) < 4.78 is 0.942. The maximum Gasteiger partial charge on any atom is 0.395 e. The Morgan fingerprint density at radius 1 is 1.37 bits per heavy atom. The molecule has 2 aromatic rings. The van der Waals surface area contributed by atoms with Gasteiger partial charge in [0.2, 0.25) is 0 Å². The van der Waals surface area contributed by atoms with E-state index in [0.717, 1.165) is 23.1 Å².